The van der Waals surface area contributed by atoms with Crippen LogP contribution in [0.15, 0.2) is 0 Å². The van der Waals surface area contributed by atoms with E-state index in [0.29, 0.717) is 6.04 Å². The molecule has 1 rings (SSSR count). The molecule has 0 N–H and O–H groups in total. The number of rotatable bonds is 1. The Kier molecular flexibility index (Phi) is 4.67. The number of halogens is 1. The van der Waals surface area contributed by atoms with Crippen molar-refractivity contribution in [3.63, 3.8) is 0 Å². The lowest BCUT2D eigenvalue weighted by Crippen LogP contribution is -2.46. The summed E-state index contributed by atoms with van der Waals surface area (Å²) in [5, 5.41) is 0. The lowest BCUT2D eigenvalue weighted by molar-refractivity contribution is 0.0129. The first-order chi connectivity index (χ1) is 6.94. The first kappa shape index (κ1) is 13.1. The van der Waals surface area contributed by atoms with E-state index in [9.17, 15) is 4.79 Å². The number of carbonyl (C=O) groups excluding carboxylic acids is 1. The Balaban J connectivity index is 2.56. The van der Waals surface area contributed by atoms with Crippen molar-refractivity contribution in [2.24, 2.45) is 0 Å². The van der Waals surface area contributed by atoms with Gasteiger partial charge in [-0.3, -0.25) is 0 Å². The number of alkyl halides is 1. The van der Waals surface area contributed by atoms with E-state index < -0.39 is 0 Å². The molecule has 0 aliphatic carbocycles. The van der Waals surface area contributed by atoms with Gasteiger partial charge in [0.05, 0.1) is 0 Å². The molecular formula is C11H20INO2. The van der Waals surface area contributed by atoms with Crippen LogP contribution in [0, 0.1) is 0 Å². The lowest BCUT2D eigenvalue weighted by Gasteiger charge is -2.35. The van der Waals surface area contributed by atoms with E-state index in [2.05, 4.69) is 22.6 Å². The zero-order chi connectivity index (χ0) is 11.5. The summed E-state index contributed by atoms with van der Waals surface area (Å²) in [7, 11) is 0. The Labute approximate surface area is 106 Å². The van der Waals surface area contributed by atoms with E-state index in [0.717, 1.165) is 23.8 Å². The summed E-state index contributed by atoms with van der Waals surface area (Å²) in [4.78, 5) is 13.8. The SMILES string of the molecule is CC(C)(C)OC(=O)N1CCCCC1CI. The van der Waals surface area contributed by atoms with Crippen molar-refractivity contribution >= 4 is 28.7 Å². The molecule has 0 aromatic carbocycles. The Hall–Kier alpha value is 0. The summed E-state index contributed by atoms with van der Waals surface area (Å²) in [6, 6.07) is 0.370. The lowest BCUT2D eigenvalue weighted by atomic mass is 10.0. The molecule has 0 saturated carbocycles. The third kappa shape index (κ3) is 4.17. The predicted octanol–water partition coefficient (Wildman–Crippen LogP) is 3.21. The number of nitrogens with zero attached hydrogens (tertiary/aromatic N) is 1. The molecule has 4 heteroatoms. The van der Waals surface area contributed by atoms with Gasteiger partial charge in [-0.05, 0) is 40.0 Å². The van der Waals surface area contributed by atoms with Crippen molar-refractivity contribution in [1.82, 2.24) is 4.90 Å². The summed E-state index contributed by atoms with van der Waals surface area (Å²) >= 11 is 2.34. The molecule has 0 aromatic rings. The van der Waals surface area contributed by atoms with Crippen LogP contribution in [-0.4, -0.2) is 33.6 Å². The second-order valence-electron chi connectivity index (χ2n) is 4.98. The molecule has 0 bridgehead atoms. The van der Waals surface area contributed by atoms with Crippen molar-refractivity contribution in [3.05, 3.63) is 0 Å². The molecule has 1 amide bonds. The van der Waals surface area contributed by atoms with Gasteiger partial charge in [-0.2, -0.15) is 0 Å². The van der Waals surface area contributed by atoms with Crippen LogP contribution in [0.5, 0.6) is 0 Å². The van der Waals surface area contributed by atoms with Gasteiger partial charge in [-0.15, -0.1) is 0 Å². The fourth-order valence-corrected chi connectivity index (χ4v) is 2.64. The monoisotopic (exact) mass is 325 g/mol. The molecular weight excluding hydrogens is 305 g/mol. The number of hydrogen-bond donors (Lipinski definition) is 0. The summed E-state index contributed by atoms with van der Waals surface area (Å²) in [6.45, 7) is 6.58. The molecule has 1 aliphatic heterocycles. The van der Waals surface area contributed by atoms with E-state index in [1.807, 2.05) is 25.7 Å². The highest BCUT2D eigenvalue weighted by atomic mass is 127. The van der Waals surface area contributed by atoms with Crippen LogP contribution in [0.3, 0.4) is 0 Å². The third-order valence-electron chi connectivity index (χ3n) is 2.43. The summed E-state index contributed by atoms with van der Waals surface area (Å²) in [5.41, 5.74) is -0.385. The highest BCUT2D eigenvalue weighted by Crippen LogP contribution is 2.21. The van der Waals surface area contributed by atoms with E-state index in [1.165, 1.54) is 6.42 Å². The highest BCUT2D eigenvalue weighted by Gasteiger charge is 2.29. The Morgan fingerprint density at radius 3 is 2.67 bits per heavy atom. The van der Waals surface area contributed by atoms with Crippen molar-refractivity contribution in [2.75, 3.05) is 11.0 Å². The van der Waals surface area contributed by atoms with Crippen LogP contribution in [0.4, 0.5) is 4.79 Å². The topological polar surface area (TPSA) is 29.5 Å². The van der Waals surface area contributed by atoms with Crippen molar-refractivity contribution < 1.29 is 9.53 Å². The van der Waals surface area contributed by atoms with Gasteiger partial charge in [0.1, 0.15) is 5.60 Å². The smallest absolute Gasteiger partial charge is 0.410 e. The van der Waals surface area contributed by atoms with Gasteiger partial charge >= 0.3 is 6.09 Å². The van der Waals surface area contributed by atoms with Gasteiger partial charge in [0.2, 0.25) is 0 Å². The van der Waals surface area contributed by atoms with Gasteiger partial charge in [-0.25, -0.2) is 4.79 Å². The molecule has 1 saturated heterocycles. The van der Waals surface area contributed by atoms with Crippen LogP contribution >= 0.6 is 22.6 Å². The number of hydrogen-bond acceptors (Lipinski definition) is 2. The summed E-state index contributed by atoms with van der Waals surface area (Å²) < 4.78 is 6.39. The fraction of sp³-hybridized carbons (Fsp3) is 0.909. The predicted molar refractivity (Wildman–Crippen MR) is 69.5 cm³/mol. The normalized spacial score (nSPS) is 22.7. The van der Waals surface area contributed by atoms with Crippen LogP contribution in [-0.2, 0) is 4.74 Å². The Morgan fingerprint density at radius 1 is 1.47 bits per heavy atom. The standard InChI is InChI=1S/C11H20INO2/c1-11(2,3)15-10(14)13-7-5-4-6-9(13)8-12/h9H,4-8H2,1-3H3. The molecule has 1 atom stereocenters. The molecule has 1 aliphatic rings. The molecule has 15 heavy (non-hydrogen) atoms. The van der Waals surface area contributed by atoms with Crippen molar-refractivity contribution in [3.8, 4) is 0 Å². The average molecular weight is 325 g/mol. The van der Waals surface area contributed by atoms with Gasteiger partial charge in [0.25, 0.3) is 0 Å². The minimum atomic E-state index is -0.385. The molecule has 3 nitrogen and oxygen atoms in total. The van der Waals surface area contributed by atoms with E-state index >= 15 is 0 Å². The summed E-state index contributed by atoms with van der Waals surface area (Å²) in [5.74, 6) is 0. The summed E-state index contributed by atoms with van der Waals surface area (Å²) in [6.07, 6.45) is 3.30. The largest absolute Gasteiger partial charge is 0.444 e. The van der Waals surface area contributed by atoms with Crippen molar-refractivity contribution in [2.45, 2.75) is 51.7 Å². The third-order valence-corrected chi connectivity index (χ3v) is 3.45. The van der Waals surface area contributed by atoms with Gasteiger partial charge in [0, 0.05) is 17.0 Å². The van der Waals surface area contributed by atoms with Crippen LogP contribution in [0.2, 0.25) is 0 Å². The first-order valence-electron chi connectivity index (χ1n) is 5.49. The number of likely N-dealkylation sites (tertiary alicyclic amines) is 1. The van der Waals surface area contributed by atoms with E-state index in [1.54, 1.807) is 0 Å². The first-order valence-corrected chi connectivity index (χ1v) is 7.02. The number of ether oxygens (including phenoxy) is 1. The zero-order valence-electron chi connectivity index (χ0n) is 9.75. The maximum Gasteiger partial charge on any atom is 0.410 e. The van der Waals surface area contributed by atoms with Crippen LogP contribution in [0.25, 0.3) is 0 Å². The van der Waals surface area contributed by atoms with Gasteiger partial charge in [-0.1, -0.05) is 22.6 Å². The van der Waals surface area contributed by atoms with Crippen LogP contribution < -0.4 is 0 Å². The maximum absolute atomic E-state index is 11.9. The van der Waals surface area contributed by atoms with Gasteiger partial charge < -0.3 is 9.64 Å². The average Bonchev–Trinajstić information content (AvgIpc) is 2.15. The zero-order valence-corrected chi connectivity index (χ0v) is 11.9. The molecule has 0 aromatic heterocycles. The molecule has 0 radical (unpaired) electrons. The van der Waals surface area contributed by atoms with Crippen molar-refractivity contribution in [1.29, 1.82) is 0 Å². The minimum Gasteiger partial charge on any atom is -0.444 e. The maximum atomic E-state index is 11.9. The molecule has 0 spiro atoms. The quantitative estimate of drug-likeness (QED) is 0.547. The number of carbonyl (C=O) groups is 1. The minimum absolute atomic E-state index is 0.149. The molecule has 1 heterocycles. The highest BCUT2D eigenvalue weighted by molar-refractivity contribution is 14.1. The number of amides is 1. The second kappa shape index (κ2) is 5.37. The second-order valence-corrected chi connectivity index (χ2v) is 5.86. The fourth-order valence-electron chi connectivity index (χ4n) is 1.72. The van der Waals surface area contributed by atoms with Crippen LogP contribution in [0.1, 0.15) is 40.0 Å². The van der Waals surface area contributed by atoms with E-state index in [4.69, 9.17) is 4.74 Å². The molecule has 1 unspecified atom stereocenters. The Morgan fingerprint density at radius 2 is 2.13 bits per heavy atom. The number of piperidine rings is 1. The molecule has 1 fully saturated rings. The Bertz CT molecular complexity index is 225. The molecule has 88 valence electrons. The van der Waals surface area contributed by atoms with Gasteiger partial charge in [0.15, 0.2) is 0 Å². The van der Waals surface area contributed by atoms with E-state index in [-0.39, 0.29) is 11.7 Å².